The van der Waals surface area contributed by atoms with E-state index in [-0.39, 0.29) is 0 Å². The lowest BCUT2D eigenvalue weighted by Gasteiger charge is -2.07. The van der Waals surface area contributed by atoms with Gasteiger partial charge < -0.3 is 5.32 Å². The summed E-state index contributed by atoms with van der Waals surface area (Å²) in [7, 11) is 0. The van der Waals surface area contributed by atoms with Gasteiger partial charge in [0.1, 0.15) is 0 Å². The molecule has 0 aliphatic heterocycles. The molecule has 16 heavy (non-hydrogen) atoms. The highest BCUT2D eigenvalue weighted by Crippen LogP contribution is 2.17. The van der Waals surface area contributed by atoms with Gasteiger partial charge in [-0.15, -0.1) is 5.10 Å². The number of nitrogens with zero attached hydrogens (tertiary/aromatic N) is 3. The monoisotopic (exact) mass is 230 g/mol. The molecule has 1 aromatic heterocycles. The molecule has 1 heterocycles. The fourth-order valence-electron chi connectivity index (χ4n) is 1.33. The van der Waals surface area contributed by atoms with Gasteiger partial charge in [-0.3, -0.25) is 0 Å². The standard InChI is InChI=1S/C11H10N4S/c1-8-2-3-9(5-12)4-11(8)13-6-10-7-16-15-14-10/h2-4,7,13H,6H2,1H3. The Hall–Kier alpha value is -1.93. The summed E-state index contributed by atoms with van der Waals surface area (Å²) in [5, 5.41) is 17.9. The fourth-order valence-corrected chi connectivity index (χ4v) is 1.78. The normalized spacial score (nSPS) is 9.75. The van der Waals surface area contributed by atoms with Crippen molar-refractivity contribution in [2.45, 2.75) is 13.5 Å². The number of nitriles is 1. The summed E-state index contributed by atoms with van der Waals surface area (Å²) in [5.41, 5.74) is 3.64. The third kappa shape index (κ3) is 2.35. The predicted molar refractivity (Wildman–Crippen MR) is 63.1 cm³/mol. The predicted octanol–water partition coefficient (Wildman–Crippen LogP) is 2.33. The summed E-state index contributed by atoms with van der Waals surface area (Å²) >= 11 is 1.33. The smallest absolute Gasteiger partial charge is 0.0992 e. The summed E-state index contributed by atoms with van der Waals surface area (Å²) in [4.78, 5) is 0. The lowest BCUT2D eigenvalue weighted by atomic mass is 10.1. The third-order valence-corrected chi connectivity index (χ3v) is 2.79. The average Bonchev–Trinajstić information content (AvgIpc) is 2.81. The van der Waals surface area contributed by atoms with Crippen molar-refractivity contribution in [1.29, 1.82) is 5.26 Å². The topological polar surface area (TPSA) is 61.6 Å². The number of nitrogens with one attached hydrogen (secondary N) is 1. The van der Waals surface area contributed by atoms with Crippen molar-refractivity contribution in [3.8, 4) is 6.07 Å². The second kappa shape index (κ2) is 4.73. The Bertz CT molecular complexity index is 513. The largest absolute Gasteiger partial charge is 0.379 e. The van der Waals surface area contributed by atoms with Crippen molar-refractivity contribution in [2.75, 3.05) is 5.32 Å². The number of hydrogen-bond acceptors (Lipinski definition) is 5. The van der Waals surface area contributed by atoms with Crippen LogP contribution >= 0.6 is 11.5 Å². The maximum Gasteiger partial charge on any atom is 0.0992 e. The Morgan fingerprint density at radius 2 is 2.38 bits per heavy atom. The Morgan fingerprint density at radius 3 is 3.06 bits per heavy atom. The van der Waals surface area contributed by atoms with Crippen LogP contribution in [0, 0.1) is 18.3 Å². The summed E-state index contributed by atoms with van der Waals surface area (Å²) in [6.07, 6.45) is 0. The van der Waals surface area contributed by atoms with E-state index in [1.54, 1.807) is 0 Å². The van der Waals surface area contributed by atoms with Gasteiger partial charge in [-0.2, -0.15) is 5.26 Å². The first-order valence-corrected chi connectivity index (χ1v) is 5.64. The molecule has 0 saturated carbocycles. The Labute approximate surface area is 97.7 Å². The van der Waals surface area contributed by atoms with E-state index in [1.165, 1.54) is 11.5 Å². The SMILES string of the molecule is Cc1ccc(C#N)cc1NCc1csnn1. The molecule has 0 fully saturated rings. The molecule has 5 heteroatoms. The van der Waals surface area contributed by atoms with Gasteiger partial charge in [0, 0.05) is 11.1 Å². The zero-order valence-corrected chi connectivity index (χ0v) is 9.58. The van der Waals surface area contributed by atoms with Gasteiger partial charge in [0.05, 0.1) is 23.9 Å². The molecule has 1 aromatic carbocycles. The molecule has 1 N–H and O–H groups in total. The molecular weight excluding hydrogens is 220 g/mol. The van der Waals surface area contributed by atoms with Gasteiger partial charge in [-0.1, -0.05) is 10.6 Å². The van der Waals surface area contributed by atoms with Crippen LogP contribution < -0.4 is 5.32 Å². The molecule has 0 unspecified atom stereocenters. The summed E-state index contributed by atoms with van der Waals surface area (Å²) < 4.78 is 3.79. The molecule has 4 nitrogen and oxygen atoms in total. The van der Waals surface area contributed by atoms with Crippen LogP contribution in [0.15, 0.2) is 23.6 Å². The highest BCUT2D eigenvalue weighted by atomic mass is 32.1. The van der Waals surface area contributed by atoms with Crippen molar-refractivity contribution >= 4 is 17.2 Å². The van der Waals surface area contributed by atoms with E-state index in [9.17, 15) is 0 Å². The first-order valence-electron chi connectivity index (χ1n) is 4.80. The van der Waals surface area contributed by atoms with Crippen LogP contribution in [0.1, 0.15) is 16.8 Å². The van der Waals surface area contributed by atoms with Crippen LogP contribution in [-0.4, -0.2) is 9.59 Å². The van der Waals surface area contributed by atoms with Crippen LogP contribution in [0.2, 0.25) is 0 Å². The lowest BCUT2D eigenvalue weighted by Crippen LogP contribution is -2.01. The van der Waals surface area contributed by atoms with Crippen molar-refractivity contribution in [3.05, 3.63) is 40.4 Å². The highest BCUT2D eigenvalue weighted by molar-refractivity contribution is 7.03. The number of benzene rings is 1. The number of rotatable bonds is 3. The molecule has 2 aromatic rings. The minimum absolute atomic E-state index is 0.631. The molecule has 0 aliphatic rings. The van der Waals surface area contributed by atoms with Crippen molar-refractivity contribution in [1.82, 2.24) is 9.59 Å². The number of hydrogen-bond donors (Lipinski definition) is 1. The van der Waals surface area contributed by atoms with Gasteiger partial charge in [0.2, 0.25) is 0 Å². The summed E-state index contributed by atoms with van der Waals surface area (Å²) in [5.74, 6) is 0. The average molecular weight is 230 g/mol. The number of aromatic nitrogens is 2. The molecule has 0 spiro atoms. The molecule has 0 amide bonds. The molecule has 2 rings (SSSR count). The number of anilines is 1. The molecule has 0 aliphatic carbocycles. The maximum atomic E-state index is 8.81. The zero-order valence-electron chi connectivity index (χ0n) is 8.77. The van der Waals surface area contributed by atoms with E-state index in [0.29, 0.717) is 12.1 Å². The van der Waals surface area contributed by atoms with Gasteiger partial charge in [0.15, 0.2) is 0 Å². The van der Waals surface area contributed by atoms with Crippen LogP contribution in [0.25, 0.3) is 0 Å². The van der Waals surface area contributed by atoms with E-state index in [2.05, 4.69) is 21.0 Å². The number of aryl methyl sites for hydroxylation is 1. The summed E-state index contributed by atoms with van der Waals surface area (Å²) in [6, 6.07) is 7.71. The quantitative estimate of drug-likeness (QED) is 0.879. The minimum Gasteiger partial charge on any atom is -0.379 e. The fraction of sp³-hybridized carbons (Fsp3) is 0.182. The lowest BCUT2D eigenvalue weighted by molar-refractivity contribution is 0.997. The Balaban J connectivity index is 2.12. The van der Waals surface area contributed by atoms with Crippen LogP contribution in [0.3, 0.4) is 0 Å². The van der Waals surface area contributed by atoms with E-state index >= 15 is 0 Å². The van der Waals surface area contributed by atoms with Crippen LogP contribution in [-0.2, 0) is 6.54 Å². The van der Waals surface area contributed by atoms with Gasteiger partial charge in [-0.25, -0.2) is 0 Å². The summed E-state index contributed by atoms with van der Waals surface area (Å²) in [6.45, 7) is 2.63. The van der Waals surface area contributed by atoms with Crippen molar-refractivity contribution in [2.24, 2.45) is 0 Å². The first kappa shape index (κ1) is 10.6. The van der Waals surface area contributed by atoms with Crippen LogP contribution in [0.4, 0.5) is 5.69 Å². The van der Waals surface area contributed by atoms with E-state index in [4.69, 9.17) is 5.26 Å². The highest BCUT2D eigenvalue weighted by Gasteiger charge is 2.01. The Morgan fingerprint density at radius 1 is 1.50 bits per heavy atom. The van der Waals surface area contributed by atoms with Crippen molar-refractivity contribution in [3.63, 3.8) is 0 Å². The van der Waals surface area contributed by atoms with Gasteiger partial charge in [0.25, 0.3) is 0 Å². The second-order valence-corrected chi connectivity index (χ2v) is 4.00. The van der Waals surface area contributed by atoms with E-state index in [0.717, 1.165) is 16.9 Å². The Kier molecular flexibility index (Phi) is 3.13. The minimum atomic E-state index is 0.631. The third-order valence-electron chi connectivity index (χ3n) is 2.23. The van der Waals surface area contributed by atoms with Gasteiger partial charge in [-0.05, 0) is 36.2 Å². The zero-order chi connectivity index (χ0) is 11.4. The maximum absolute atomic E-state index is 8.81. The van der Waals surface area contributed by atoms with E-state index < -0.39 is 0 Å². The molecule has 0 atom stereocenters. The molecular formula is C11H10N4S. The first-order chi connectivity index (χ1) is 7.79. The van der Waals surface area contributed by atoms with Gasteiger partial charge >= 0.3 is 0 Å². The van der Waals surface area contributed by atoms with Crippen LogP contribution in [0.5, 0.6) is 0 Å². The molecule has 0 saturated heterocycles. The molecule has 0 radical (unpaired) electrons. The second-order valence-electron chi connectivity index (χ2n) is 3.39. The molecule has 80 valence electrons. The van der Waals surface area contributed by atoms with E-state index in [1.807, 2.05) is 30.5 Å². The molecule has 0 bridgehead atoms. The van der Waals surface area contributed by atoms with Crippen molar-refractivity contribution < 1.29 is 0 Å².